The number of hydrogen-bond acceptors (Lipinski definition) is 5. The lowest BCUT2D eigenvalue weighted by molar-refractivity contribution is -0.123. The van der Waals surface area contributed by atoms with Crippen LogP contribution in [0.4, 0.5) is 0 Å². The zero-order valence-corrected chi connectivity index (χ0v) is 15.4. The van der Waals surface area contributed by atoms with Gasteiger partial charge in [0.2, 0.25) is 11.8 Å². The topological polar surface area (TPSA) is 96.9 Å². The van der Waals surface area contributed by atoms with Crippen LogP contribution >= 0.6 is 0 Å². The first-order valence-electron chi connectivity index (χ1n) is 8.99. The molecule has 1 aliphatic heterocycles. The normalized spacial score (nSPS) is 20.3. The molecule has 7 heteroatoms. The molecule has 1 aliphatic rings. The van der Waals surface area contributed by atoms with Crippen molar-refractivity contribution in [2.45, 2.75) is 50.7 Å². The number of amides is 2. The van der Waals surface area contributed by atoms with Crippen LogP contribution in [0.25, 0.3) is 0 Å². The van der Waals surface area contributed by atoms with E-state index < -0.39 is 6.10 Å². The SMILES string of the molecule is CC[C@]1(CCC(=O)NC[C@H](O)COc2cccc(OC)c2)CCC(=O)N1. The Morgan fingerprint density at radius 3 is 2.85 bits per heavy atom. The summed E-state index contributed by atoms with van der Waals surface area (Å²) < 4.78 is 10.6. The summed E-state index contributed by atoms with van der Waals surface area (Å²) >= 11 is 0. The average Bonchev–Trinajstić information content (AvgIpc) is 3.04. The third-order valence-corrected chi connectivity index (χ3v) is 4.76. The van der Waals surface area contributed by atoms with Gasteiger partial charge in [0.1, 0.15) is 24.2 Å². The maximum atomic E-state index is 12.0. The Hall–Kier alpha value is -2.28. The molecule has 144 valence electrons. The molecule has 0 saturated carbocycles. The third-order valence-electron chi connectivity index (χ3n) is 4.76. The molecule has 2 rings (SSSR count). The molecule has 0 unspecified atom stereocenters. The Bertz CT molecular complexity index is 622. The van der Waals surface area contributed by atoms with E-state index in [4.69, 9.17) is 9.47 Å². The summed E-state index contributed by atoms with van der Waals surface area (Å²) in [4.78, 5) is 23.4. The van der Waals surface area contributed by atoms with Gasteiger partial charge in [0.25, 0.3) is 0 Å². The second-order valence-electron chi connectivity index (χ2n) is 6.63. The van der Waals surface area contributed by atoms with Crippen molar-refractivity contribution >= 4 is 11.8 Å². The van der Waals surface area contributed by atoms with Crippen LogP contribution in [0.5, 0.6) is 11.5 Å². The molecule has 0 bridgehead atoms. The fraction of sp³-hybridized carbons (Fsp3) is 0.579. The fourth-order valence-electron chi connectivity index (χ4n) is 3.02. The minimum absolute atomic E-state index is 0.0531. The molecule has 2 atom stereocenters. The van der Waals surface area contributed by atoms with Crippen molar-refractivity contribution in [3.63, 3.8) is 0 Å². The smallest absolute Gasteiger partial charge is 0.220 e. The summed E-state index contributed by atoms with van der Waals surface area (Å²) in [6, 6.07) is 7.10. The second kappa shape index (κ2) is 9.43. The van der Waals surface area contributed by atoms with Crippen molar-refractivity contribution < 1.29 is 24.2 Å². The van der Waals surface area contributed by atoms with E-state index >= 15 is 0 Å². The van der Waals surface area contributed by atoms with Gasteiger partial charge in [-0.1, -0.05) is 13.0 Å². The molecule has 1 heterocycles. The van der Waals surface area contributed by atoms with Crippen LogP contribution in [0.1, 0.15) is 39.0 Å². The van der Waals surface area contributed by atoms with Crippen molar-refractivity contribution in [1.29, 1.82) is 0 Å². The first kappa shape index (κ1) is 20.0. The standard InChI is InChI=1S/C19H28N2O5/c1-3-19(10-8-18(24)21-19)9-7-17(23)20-12-14(22)13-26-16-6-4-5-15(11-16)25-2/h4-6,11,14,22H,3,7-10,12-13H2,1-2H3,(H,20,23)(H,21,24)/t14-,19-/m0/s1. The number of methoxy groups -OCH3 is 1. The van der Waals surface area contributed by atoms with Crippen LogP contribution in [0.3, 0.4) is 0 Å². The van der Waals surface area contributed by atoms with Gasteiger partial charge in [0.05, 0.1) is 7.11 Å². The lowest BCUT2D eigenvalue weighted by Crippen LogP contribution is -2.42. The Morgan fingerprint density at radius 2 is 2.19 bits per heavy atom. The van der Waals surface area contributed by atoms with E-state index in [0.29, 0.717) is 30.8 Å². The molecule has 3 N–H and O–H groups in total. The third kappa shape index (κ3) is 5.91. The van der Waals surface area contributed by atoms with Crippen molar-refractivity contribution in [1.82, 2.24) is 10.6 Å². The van der Waals surface area contributed by atoms with Crippen molar-refractivity contribution in [3.05, 3.63) is 24.3 Å². The number of hydrogen-bond donors (Lipinski definition) is 3. The maximum Gasteiger partial charge on any atom is 0.220 e. The number of rotatable bonds is 10. The molecule has 1 aromatic carbocycles. The predicted molar refractivity (Wildman–Crippen MR) is 97.1 cm³/mol. The van der Waals surface area contributed by atoms with Crippen molar-refractivity contribution in [2.24, 2.45) is 0 Å². The molecular formula is C19H28N2O5. The van der Waals surface area contributed by atoms with E-state index in [-0.39, 0.29) is 30.5 Å². The van der Waals surface area contributed by atoms with Crippen molar-refractivity contribution in [3.8, 4) is 11.5 Å². The number of ether oxygens (including phenoxy) is 2. The van der Waals surface area contributed by atoms with Crippen LogP contribution in [0.15, 0.2) is 24.3 Å². The van der Waals surface area contributed by atoms with Gasteiger partial charge in [-0.05, 0) is 31.4 Å². The van der Waals surface area contributed by atoms with Crippen LogP contribution in [-0.2, 0) is 9.59 Å². The zero-order valence-electron chi connectivity index (χ0n) is 15.4. The summed E-state index contributed by atoms with van der Waals surface area (Å²) in [6.45, 7) is 2.21. The first-order valence-corrected chi connectivity index (χ1v) is 8.99. The van der Waals surface area contributed by atoms with E-state index in [1.165, 1.54) is 0 Å². The monoisotopic (exact) mass is 364 g/mol. The van der Waals surface area contributed by atoms with E-state index in [1.54, 1.807) is 31.4 Å². The first-order chi connectivity index (χ1) is 12.5. The van der Waals surface area contributed by atoms with Gasteiger partial charge in [0.15, 0.2) is 0 Å². The number of benzene rings is 1. The molecule has 2 amide bonds. The molecule has 0 aliphatic carbocycles. The minimum atomic E-state index is -0.809. The molecule has 0 spiro atoms. The number of carbonyl (C=O) groups excluding carboxylic acids is 2. The quantitative estimate of drug-likeness (QED) is 0.583. The molecule has 1 saturated heterocycles. The highest BCUT2D eigenvalue weighted by molar-refractivity contribution is 5.80. The van der Waals surface area contributed by atoms with E-state index in [2.05, 4.69) is 10.6 Å². The summed E-state index contributed by atoms with van der Waals surface area (Å²) in [5.74, 6) is 1.18. The predicted octanol–water partition coefficient (Wildman–Crippen LogP) is 1.39. The van der Waals surface area contributed by atoms with Crippen LogP contribution < -0.4 is 20.1 Å². The van der Waals surface area contributed by atoms with Crippen LogP contribution in [-0.4, -0.2) is 48.8 Å². The van der Waals surface area contributed by atoms with Gasteiger partial charge in [0, 0.05) is 31.0 Å². The lowest BCUT2D eigenvalue weighted by atomic mass is 9.89. The van der Waals surface area contributed by atoms with E-state index in [0.717, 1.165) is 12.8 Å². The van der Waals surface area contributed by atoms with Gasteiger partial charge in [-0.15, -0.1) is 0 Å². The van der Waals surface area contributed by atoms with E-state index in [1.807, 2.05) is 6.92 Å². The summed E-state index contributed by atoms with van der Waals surface area (Å²) in [5, 5.41) is 15.7. The Morgan fingerprint density at radius 1 is 1.42 bits per heavy atom. The van der Waals surface area contributed by atoms with Gasteiger partial charge < -0.3 is 25.2 Å². The zero-order chi connectivity index (χ0) is 19.0. The maximum absolute atomic E-state index is 12.0. The van der Waals surface area contributed by atoms with Gasteiger partial charge in [-0.2, -0.15) is 0 Å². The average molecular weight is 364 g/mol. The Kier molecular flexibility index (Phi) is 7.26. The minimum Gasteiger partial charge on any atom is -0.497 e. The number of carbonyl (C=O) groups is 2. The summed E-state index contributed by atoms with van der Waals surface area (Å²) in [6.07, 6.45) is 2.22. The molecule has 1 aromatic rings. The molecule has 26 heavy (non-hydrogen) atoms. The van der Waals surface area contributed by atoms with Gasteiger partial charge in [-0.3, -0.25) is 9.59 Å². The van der Waals surface area contributed by atoms with E-state index in [9.17, 15) is 14.7 Å². The second-order valence-corrected chi connectivity index (χ2v) is 6.63. The largest absolute Gasteiger partial charge is 0.497 e. The van der Waals surface area contributed by atoms with Crippen LogP contribution in [0.2, 0.25) is 0 Å². The summed E-state index contributed by atoms with van der Waals surface area (Å²) in [7, 11) is 1.57. The molecule has 0 radical (unpaired) electrons. The fourth-order valence-corrected chi connectivity index (χ4v) is 3.02. The van der Waals surface area contributed by atoms with Crippen molar-refractivity contribution in [2.75, 3.05) is 20.3 Å². The van der Waals surface area contributed by atoms with Gasteiger partial charge in [-0.25, -0.2) is 0 Å². The highest BCUT2D eigenvalue weighted by Gasteiger charge is 2.35. The molecule has 0 aromatic heterocycles. The molecule has 1 fully saturated rings. The van der Waals surface area contributed by atoms with Crippen LogP contribution in [0, 0.1) is 0 Å². The molecule has 7 nitrogen and oxygen atoms in total. The number of aliphatic hydroxyl groups excluding tert-OH is 1. The number of nitrogens with one attached hydrogen (secondary N) is 2. The van der Waals surface area contributed by atoms with Gasteiger partial charge >= 0.3 is 0 Å². The summed E-state index contributed by atoms with van der Waals surface area (Å²) in [5.41, 5.74) is -0.261. The highest BCUT2D eigenvalue weighted by Crippen LogP contribution is 2.28. The Labute approximate surface area is 154 Å². The highest BCUT2D eigenvalue weighted by atomic mass is 16.5. The lowest BCUT2D eigenvalue weighted by Gasteiger charge is -2.27. The number of aliphatic hydroxyl groups is 1. The molecular weight excluding hydrogens is 336 g/mol. The Balaban J connectivity index is 1.67.